The van der Waals surface area contributed by atoms with Crippen LogP contribution in [0.5, 0.6) is 5.75 Å². The molecule has 0 radical (unpaired) electrons. The second-order valence-corrected chi connectivity index (χ2v) is 8.31. The van der Waals surface area contributed by atoms with E-state index in [1.807, 2.05) is 6.07 Å². The number of carboxylic acids is 1. The average molecular weight is 522 g/mol. The minimum atomic E-state index is -1.46. The van der Waals surface area contributed by atoms with Crippen LogP contribution in [0.3, 0.4) is 0 Å². The Balaban J connectivity index is 1.76. The summed E-state index contributed by atoms with van der Waals surface area (Å²) >= 11 is 0. The van der Waals surface area contributed by atoms with Crippen molar-refractivity contribution in [2.75, 3.05) is 7.11 Å². The van der Waals surface area contributed by atoms with Crippen LogP contribution in [-0.2, 0) is 33.8 Å². The molecule has 0 heterocycles. The number of carbonyl (C=O) groups is 3. The molecule has 2 amide bonds. The summed E-state index contributed by atoms with van der Waals surface area (Å²) in [6.07, 6.45) is -1.07. The fraction of sp³-hybridized carbons (Fsp3) is 0.222. The molecule has 38 heavy (non-hydrogen) atoms. The maximum Gasteiger partial charge on any atom is 0.408 e. The van der Waals surface area contributed by atoms with E-state index >= 15 is 0 Å². The van der Waals surface area contributed by atoms with Crippen molar-refractivity contribution < 1.29 is 33.9 Å². The zero-order valence-corrected chi connectivity index (χ0v) is 20.5. The van der Waals surface area contributed by atoms with Gasteiger partial charge in [-0.2, -0.15) is 0 Å². The van der Waals surface area contributed by atoms with Gasteiger partial charge in [-0.05, 0) is 17.2 Å². The Bertz CT molecular complexity index is 1270. The van der Waals surface area contributed by atoms with Gasteiger partial charge in [0.1, 0.15) is 24.4 Å². The van der Waals surface area contributed by atoms with E-state index in [4.69, 9.17) is 9.47 Å². The average Bonchev–Trinajstić information content (AvgIpc) is 2.92. The first-order valence-corrected chi connectivity index (χ1v) is 11.6. The number of nitro benzene ring substituents is 1. The maximum atomic E-state index is 13.2. The number of aliphatic carboxylic acids is 1. The monoisotopic (exact) mass is 521 g/mol. The molecule has 11 nitrogen and oxygen atoms in total. The van der Waals surface area contributed by atoms with Gasteiger partial charge in [-0.25, -0.2) is 9.59 Å². The first kappa shape index (κ1) is 27.7. The Morgan fingerprint density at radius 1 is 0.895 bits per heavy atom. The summed E-state index contributed by atoms with van der Waals surface area (Å²) in [5, 5.41) is 25.9. The number of alkyl carbamates (subject to hydrolysis) is 1. The van der Waals surface area contributed by atoms with Gasteiger partial charge >= 0.3 is 12.1 Å². The Kier molecular flexibility index (Phi) is 9.75. The Hall–Kier alpha value is -4.93. The van der Waals surface area contributed by atoms with Crippen LogP contribution in [0.15, 0.2) is 78.9 Å². The van der Waals surface area contributed by atoms with E-state index in [2.05, 4.69) is 10.6 Å². The molecule has 0 aromatic heterocycles. The number of nitro groups is 1. The van der Waals surface area contributed by atoms with E-state index in [0.717, 1.165) is 11.1 Å². The van der Waals surface area contributed by atoms with Crippen LogP contribution in [0.2, 0.25) is 0 Å². The number of benzene rings is 3. The second kappa shape index (κ2) is 13.4. The highest BCUT2D eigenvalue weighted by molar-refractivity contribution is 5.89. The van der Waals surface area contributed by atoms with E-state index in [1.54, 1.807) is 54.6 Å². The molecule has 11 heteroatoms. The van der Waals surface area contributed by atoms with Gasteiger partial charge in [-0.15, -0.1) is 0 Å². The summed E-state index contributed by atoms with van der Waals surface area (Å²) in [6.45, 7) is -0.0172. The van der Waals surface area contributed by atoms with Gasteiger partial charge in [0, 0.05) is 30.5 Å². The number of nitrogens with one attached hydrogen (secondary N) is 2. The van der Waals surface area contributed by atoms with Crippen molar-refractivity contribution in [1.29, 1.82) is 0 Å². The summed E-state index contributed by atoms with van der Waals surface area (Å²) < 4.78 is 10.4. The van der Waals surface area contributed by atoms with Crippen molar-refractivity contribution in [3.8, 4) is 5.75 Å². The molecule has 0 aliphatic heterocycles. The summed E-state index contributed by atoms with van der Waals surface area (Å²) in [4.78, 5) is 48.3. The molecule has 0 aliphatic carbocycles. The first-order valence-electron chi connectivity index (χ1n) is 11.6. The highest BCUT2D eigenvalue weighted by Gasteiger charge is 2.29. The number of methoxy groups -OCH3 is 1. The van der Waals surface area contributed by atoms with E-state index < -0.39 is 35.0 Å². The van der Waals surface area contributed by atoms with Crippen LogP contribution in [0, 0.1) is 10.1 Å². The van der Waals surface area contributed by atoms with Crippen molar-refractivity contribution in [3.63, 3.8) is 0 Å². The van der Waals surface area contributed by atoms with E-state index in [1.165, 1.54) is 25.3 Å². The topological polar surface area (TPSA) is 157 Å². The summed E-state index contributed by atoms with van der Waals surface area (Å²) in [5.74, 6) is -1.89. The molecular weight excluding hydrogens is 494 g/mol. The minimum absolute atomic E-state index is 0.0172. The minimum Gasteiger partial charge on any atom is -0.496 e. The van der Waals surface area contributed by atoms with Crippen LogP contribution in [-0.4, -0.2) is 47.2 Å². The van der Waals surface area contributed by atoms with Crippen LogP contribution in [0.1, 0.15) is 16.7 Å². The SMILES string of the molecule is COc1ccc([N+](=O)[O-])cc1C[C@H](NC(=O)[C@@H](Cc1ccccc1)NC(=O)OCc1ccccc1)C(=O)O. The number of non-ortho nitro benzene ring substituents is 1. The molecule has 198 valence electrons. The molecule has 0 saturated carbocycles. The number of hydrogen-bond donors (Lipinski definition) is 3. The third-order valence-corrected chi connectivity index (χ3v) is 5.62. The molecule has 0 saturated heterocycles. The number of carbonyl (C=O) groups excluding carboxylic acids is 2. The zero-order chi connectivity index (χ0) is 27.5. The normalized spacial score (nSPS) is 12.0. The van der Waals surface area contributed by atoms with Crippen molar-refractivity contribution in [2.45, 2.75) is 31.5 Å². The third kappa shape index (κ3) is 8.05. The lowest BCUT2D eigenvalue weighted by Crippen LogP contribution is -2.53. The highest BCUT2D eigenvalue weighted by Crippen LogP contribution is 2.25. The largest absolute Gasteiger partial charge is 0.496 e. The van der Waals surface area contributed by atoms with Gasteiger partial charge in [0.15, 0.2) is 0 Å². The molecule has 0 spiro atoms. The fourth-order valence-electron chi connectivity index (χ4n) is 3.70. The van der Waals surface area contributed by atoms with E-state index in [-0.39, 0.29) is 36.4 Å². The number of carboxylic acid groups (broad SMARTS) is 1. The van der Waals surface area contributed by atoms with Gasteiger partial charge in [0.05, 0.1) is 12.0 Å². The van der Waals surface area contributed by atoms with Gasteiger partial charge in [-0.3, -0.25) is 14.9 Å². The Morgan fingerprint density at radius 2 is 1.53 bits per heavy atom. The molecular formula is C27H27N3O8. The van der Waals surface area contributed by atoms with E-state index in [0.29, 0.717) is 0 Å². The highest BCUT2D eigenvalue weighted by atomic mass is 16.6. The van der Waals surface area contributed by atoms with Crippen LogP contribution < -0.4 is 15.4 Å². The van der Waals surface area contributed by atoms with Gasteiger partial charge < -0.3 is 25.2 Å². The van der Waals surface area contributed by atoms with Crippen molar-refractivity contribution >= 4 is 23.7 Å². The third-order valence-electron chi connectivity index (χ3n) is 5.62. The number of amides is 2. The van der Waals surface area contributed by atoms with E-state index in [9.17, 15) is 29.6 Å². The van der Waals surface area contributed by atoms with Crippen LogP contribution in [0.4, 0.5) is 10.5 Å². The molecule has 0 aliphatic rings. The quantitative estimate of drug-likeness (QED) is 0.242. The standard InChI is InChI=1S/C27H27N3O8/c1-37-24-13-12-21(30(35)36)15-20(24)16-23(26(32)33)28-25(31)22(14-18-8-4-2-5-9-18)29-27(34)38-17-19-10-6-3-7-11-19/h2-13,15,22-23H,14,16-17H2,1H3,(H,28,31)(H,29,34)(H,32,33)/t22-,23+/m1/s1. The molecule has 3 N–H and O–H groups in total. The molecule has 3 aromatic rings. The van der Waals surface area contributed by atoms with Gasteiger partial charge in [-0.1, -0.05) is 60.7 Å². The molecule has 0 bridgehead atoms. The maximum absolute atomic E-state index is 13.2. The summed E-state index contributed by atoms with van der Waals surface area (Å²) in [6, 6.07) is 19.0. The number of nitrogens with zero attached hydrogens (tertiary/aromatic N) is 1. The predicted octanol–water partition coefficient (Wildman–Crippen LogP) is 3.25. The van der Waals surface area contributed by atoms with Crippen molar-refractivity contribution in [3.05, 3.63) is 106 Å². The number of rotatable bonds is 12. The molecule has 0 unspecified atom stereocenters. The summed E-state index contributed by atoms with van der Waals surface area (Å²) in [5.41, 5.74) is 1.46. The van der Waals surface area contributed by atoms with Crippen molar-refractivity contribution in [1.82, 2.24) is 10.6 Å². The predicted molar refractivity (Wildman–Crippen MR) is 137 cm³/mol. The lowest BCUT2D eigenvalue weighted by molar-refractivity contribution is -0.384. The number of ether oxygens (including phenoxy) is 2. The zero-order valence-electron chi connectivity index (χ0n) is 20.5. The Morgan fingerprint density at radius 3 is 2.11 bits per heavy atom. The van der Waals surface area contributed by atoms with Crippen LogP contribution >= 0.6 is 0 Å². The number of hydrogen-bond acceptors (Lipinski definition) is 7. The molecule has 2 atom stereocenters. The summed E-state index contributed by atoms with van der Waals surface area (Å²) in [7, 11) is 1.35. The second-order valence-electron chi connectivity index (χ2n) is 8.31. The molecule has 3 rings (SSSR count). The first-order chi connectivity index (χ1) is 18.3. The molecule has 0 fully saturated rings. The smallest absolute Gasteiger partial charge is 0.408 e. The van der Waals surface area contributed by atoms with Gasteiger partial charge in [0.2, 0.25) is 5.91 Å². The Labute approximate surface area is 218 Å². The molecule has 3 aromatic carbocycles. The van der Waals surface area contributed by atoms with Crippen LogP contribution in [0.25, 0.3) is 0 Å². The van der Waals surface area contributed by atoms with Crippen molar-refractivity contribution in [2.24, 2.45) is 0 Å². The lowest BCUT2D eigenvalue weighted by atomic mass is 10.0. The van der Waals surface area contributed by atoms with Gasteiger partial charge in [0.25, 0.3) is 5.69 Å². The lowest BCUT2D eigenvalue weighted by Gasteiger charge is -2.22. The fourth-order valence-corrected chi connectivity index (χ4v) is 3.70.